The van der Waals surface area contributed by atoms with Crippen molar-refractivity contribution in [1.82, 2.24) is 4.90 Å². The van der Waals surface area contributed by atoms with Crippen molar-refractivity contribution in [3.63, 3.8) is 0 Å². The molecule has 0 saturated carbocycles. The molecule has 21 heavy (non-hydrogen) atoms. The molecule has 1 atom stereocenters. The molecule has 1 aromatic rings. The van der Waals surface area contributed by atoms with Crippen molar-refractivity contribution in [2.75, 3.05) is 32.6 Å². The first-order chi connectivity index (χ1) is 10.0. The van der Waals surface area contributed by atoms with Crippen molar-refractivity contribution in [1.29, 1.82) is 0 Å². The van der Waals surface area contributed by atoms with Crippen molar-refractivity contribution in [3.8, 4) is 0 Å². The molecule has 0 amide bonds. The SMILES string of the molecule is C=CCC(CC)(C(=O)c1ccc(NCCO)cc1)N(C)C. The number of rotatable bonds is 9. The van der Waals surface area contributed by atoms with Gasteiger partial charge in [-0.15, -0.1) is 6.58 Å². The van der Waals surface area contributed by atoms with E-state index in [0.717, 1.165) is 12.1 Å². The molecule has 4 nitrogen and oxygen atoms in total. The van der Waals surface area contributed by atoms with Gasteiger partial charge in [0.1, 0.15) is 0 Å². The molecule has 0 aliphatic carbocycles. The van der Waals surface area contributed by atoms with E-state index in [1.807, 2.05) is 50.2 Å². The lowest BCUT2D eigenvalue weighted by Gasteiger charge is -2.37. The number of anilines is 1. The highest BCUT2D eigenvalue weighted by Gasteiger charge is 2.38. The van der Waals surface area contributed by atoms with Gasteiger partial charge in [-0.1, -0.05) is 13.0 Å². The fraction of sp³-hybridized carbons (Fsp3) is 0.471. The van der Waals surface area contributed by atoms with Gasteiger partial charge in [0.05, 0.1) is 12.1 Å². The maximum Gasteiger partial charge on any atom is 0.183 e. The van der Waals surface area contributed by atoms with Gasteiger partial charge in [-0.05, 0) is 51.2 Å². The van der Waals surface area contributed by atoms with Gasteiger partial charge in [-0.2, -0.15) is 0 Å². The second-order valence-electron chi connectivity index (χ2n) is 5.33. The van der Waals surface area contributed by atoms with Gasteiger partial charge in [0.25, 0.3) is 0 Å². The van der Waals surface area contributed by atoms with Gasteiger partial charge in [-0.25, -0.2) is 0 Å². The average molecular weight is 290 g/mol. The van der Waals surface area contributed by atoms with E-state index in [1.54, 1.807) is 6.08 Å². The van der Waals surface area contributed by atoms with E-state index in [4.69, 9.17) is 5.11 Å². The minimum absolute atomic E-state index is 0.0829. The summed E-state index contributed by atoms with van der Waals surface area (Å²) in [4.78, 5) is 14.9. The molecule has 0 heterocycles. The van der Waals surface area contributed by atoms with Crippen molar-refractivity contribution in [2.45, 2.75) is 25.3 Å². The highest BCUT2D eigenvalue weighted by Crippen LogP contribution is 2.27. The van der Waals surface area contributed by atoms with Gasteiger partial charge in [-0.3, -0.25) is 9.69 Å². The number of nitrogens with zero attached hydrogens (tertiary/aromatic N) is 1. The Kier molecular flexibility index (Phi) is 6.59. The number of nitrogens with one attached hydrogen (secondary N) is 1. The topological polar surface area (TPSA) is 52.6 Å². The van der Waals surface area contributed by atoms with Crippen LogP contribution in [0.3, 0.4) is 0 Å². The van der Waals surface area contributed by atoms with Crippen LogP contribution in [0.25, 0.3) is 0 Å². The number of carbonyl (C=O) groups is 1. The van der Waals surface area contributed by atoms with Crippen LogP contribution in [0.1, 0.15) is 30.1 Å². The third kappa shape index (κ3) is 3.93. The summed E-state index contributed by atoms with van der Waals surface area (Å²) in [5.41, 5.74) is 1.06. The smallest absolute Gasteiger partial charge is 0.183 e. The molecule has 1 aromatic carbocycles. The van der Waals surface area contributed by atoms with E-state index in [9.17, 15) is 4.79 Å². The third-order valence-electron chi connectivity index (χ3n) is 3.93. The Bertz CT molecular complexity index is 468. The van der Waals surface area contributed by atoms with Crippen LogP contribution in [0.5, 0.6) is 0 Å². The molecule has 0 aliphatic heterocycles. The van der Waals surface area contributed by atoms with E-state index in [0.29, 0.717) is 18.5 Å². The molecule has 0 radical (unpaired) electrons. The number of likely N-dealkylation sites (N-methyl/N-ethyl adjacent to an activating group) is 1. The van der Waals surface area contributed by atoms with E-state index in [1.165, 1.54) is 0 Å². The molecule has 116 valence electrons. The third-order valence-corrected chi connectivity index (χ3v) is 3.93. The molecule has 2 N–H and O–H groups in total. The summed E-state index contributed by atoms with van der Waals surface area (Å²) in [5, 5.41) is 11.9. The maximum atomic E-state index is 12.9. The highest BCUT2D eigenvalue weighted by atomic mass is 16.3. The number of ketones is 1. The first-order valence-electron chi connectivity index (χ1n) is 7.29. The van der Waals surface area contributed by atoms with E-state index in [-0.39, 0.29) is 12.4 Å². The van der Waals surface area contributed by atoms with Crippen LogP contribution in [0.2, 0.25) is 0 Å². The van der Waals surface area contributed by atoms with E-state index >= 15 is 0 Å². The number of hydrogen-bond donors (Lipinski definition) is 2. The molecule has 0 saturated heterocycles. The summed E-state index contributed by atoms with van der Waals surface area (Å²) in [6.07, 6.45) is 3.16. The van der Waals surface area contributed by atoms with E-state index in [2.05, 4.69) is 11.9 Å². The highest BCUT2D eigenvalue weighted by molar-refractivity contribution is 6.03. The lowest BCUT2D eigenvalue weighted by molar-refractivity contribution is 0.0673. The summed E-state index contributed by atoms with van der Waals surface area (Å²) in [5.74, 6) is 0.114. The van der Waals surface area contributed by atoms with Gasteiger partial charge in [0, 0.05) is 17.8 Å². The van der Waals surface area contributed by atoms with Crippen LogP contribution < -0.4 is 5.32 Å². The van der Waals surface area contributed by atoms with Crippen LogP contribution in [-0.4, -0.2) is 48.6 Å². The molecular weight excluding hydrogens is 264 g/mol. The van der Waals surface area contributed by atoms with Crippen molar-refractivity contribution in [3.05, 3.63) is 42.5 Å². The molecule has 0 aliphatic rings. The van der Waals surface area contributed by atoms with Crippen LogP contribution in [0, 0.1) is 0 Å². The number of aliphatic hydroxyl groups is 1. The quantitative estimate of drug-likeness (QED) is 0.542. The minimum atomic E-state index is -0.540. The molecule has 4 heteroatoms. The minimum Gasteiger partial charge on any atom is -0.395 e. The molecule has 1 unspecified atom stereocenters. The summed E-state index contributed by atoms with van der Waals surface area (Å²) in [7, 11) is 3.87. The number of Topliss-reactive ketones (excluding diaryl/α,β-unsaturated/α-hetero) is 1. The zero-order chi connectivity index (χ0) is 15.9. The van der Waals surface area contributed by atoms with E-state index < -0.39 is 5.54 Å². The Labute approximate surface area is 127 Å². The van der Waals surface area contributed by atoms with Crippen LogP contribution in [0.4, 0.5) is 5.69 Å². The van der Waals surface area contributed by atoms with Gasteiger partial charge in [0.2, 0.25) is 0 Å². The Morgan fingerprint density at radius 1 is 1.38 bits per heavy atom. The zero-order valence-corrected chi connectivity index (χ0v) is 13.2. The summed E-state index contributed by atoms with van der Waals surface area (Å²) < 4.78 is 0. The average Bonchev–Trinajstić information content (AvgIpc) is 2.50. The van der Waals surface area contributed by atoms with Gasteiger partial charge >= 0.3 is 0 Å². The number of hydrogen-bond acceptors (Lipinski definition) is 4. The summed E-state index contributed by atoms with van der Waals surface area (Å²) in [6.45, 7) is 6.40. The standard InChI is InChI=1S/C17H26N2O2/c1-5-11-17(6-2,19(3)4)16(21)14-7-9-15(10-8-14)18-12-13-20/h5,7-10,18,20H,1,6,11-13H2,2-4H3. The normalized spacial score (nSPS) is 13.8. The fourth-order valence-corrected chi connectivity index (χ4v) is 2.55. The predicted molar refractivity (Wildman–Crippen MR) is 87.9 cm³/mol. The Hall–Kier alpha value is -1.65. The van der Waals surface area contributed by atoms with Crippen molar-refractivity contribution in [2.24, 2.45) is 0 Å². The first kappa shape index (κ1) is 17.4. The largest absolute Gasteiger partial charge is 0.395 e. The second kappa shape index (κ2) is 7.96. The zero-order valence-electron chi connectivity index (χ0n) is 13.2. The molecule has 0 bridgehead atoms. The molecular formula is C17H26N2O2. The molecule has 1 rings (SSSR count). The molecule has 0 aromatic heterocycles. The van der Waals surface area contributed by atoms with Crippen LogP contribution in [0.15, 0.2) is 36.9 Å². The Balaban J connectivity index is 3.01. The van der Waals surface area contributed by atoms with Crippen LogP contribution >= 0.6 is 0 Å². The second-order valence-corrected chi connectivity index (χ2v) is 5.33. The van der Waals surface area contributed by atoms with Crippen LogP contribution in [-0.2, 0) is 0 Å². The lowest BCUT2D eigenvalue weighted by atomic mass is 9.82. The van der Waals surface area contributed by atoms with Crippen molar-refractivity contribution >= 4 is 11.5 Å². The predicted octanol–water partition coefficient (Wildman–Crippen LogP) is 2.56. The van der Waals surface area contributed by atoms with Gasteiger partial charge in [0.15, 0.2) is 5.78 Å². The Morgan fingerprint density at radius 2 is 2.00 bits per heavy atom. The molecule has 0 fully saturated rings. The molecule has 0 spiro atoms. The maximum absolute atomic E-state index is 12.9. The number of carbonyl (C=O) groups excluding carboxylic acids is 1. The number of benzene rings is 1. The van der Waals surface area contributed by atoms with Crippen molar-refractivity contribution < 1.29 is 9.90 Å². The summed E-state index contributed by atoms with van der Waals surface area (Å²) in [6, 6.07) is 7.40. The van der Waals surface area contributed by atoms with Gasteiger partial charge < -0.3 is 10.4 Å². The first-order valence-corrected chi connectivity index (χ1v) is 7.29. The Morgan fingerprint density at radius 3 is 2.43 bits per heavy atom. The number of aliphatic hydroxyl groups excluding tert-OH is 1. The monoisotopic (exact) mass is 290 g/mol. The summed E-state index contributed by atoms with van der Waals surface area (Å²) >= 11 is 0. The lowest BCUT2D eigenvalue weighted by Crippen LogP contribution is -2.50. The fourth-order valence-electron chi connectivity index (χ4n) is 2.55.